The second kappa shape index (κ2) is 6.52. The molecule has 0 saturated carbocycles. The van der Waals surface area contributed by atoms with Gasteiger partial charge in [0.2, 0.25) is 5.91 Å². The molecular weight excluding hydrogens is 276 g/mol. The highest BCUT2D eigenvalue weighted by Crippen LogP contribution is 2.16. The molecule has 6 heteroatoms. The predicted octanol–water partition coefficient (Wildman–Crippen LogP) is 2.24. The number of halogens is 1. The fraction of sp³-hybridized carbons (Fsp3) is 0.357. The van der Waals surface area contributed by atoms with E-state index in [1.807, 2.05) is 31.2 Å². The quantitative estimate of drug-likeness (QED) is 0.919. The van der Waals surface area contributed by atoms with Gasteiger partial charge in [0.1, 0.15) is 18.7 Å². The maximum absolute atomic E-state index is 12.1. The smallest absolute Gasteiger partial charge is 0.244 e. The molecule has 2 aromatic rings. The maximum Gasteiger partial charge on any atom is 0.244 e. The highest BCUT2D eigenvalue weighted by Gasteiger charge is 2.17. The van der Waals surface area contributed by atoms with E-state index in [1.54, 1.807) is 6.92 Å². The first-order chi connectivity index (χ1) is 9.58. The molecule has 1 aromatic carbocycles. The van der Waals surface area contributed by atoms with Crippen molar-refractivity contribution in [2.24, 2.45) is 0 Å². The summed E-state index contributed by atoms with van der Waals surface area (Å²) in [5, 5.41) is 7.64. The van der Waals surface area contributed by atoms with Crippen LogP contribution in [0.3, 0.4) is 0 Å². The molecule has 0 aliphatic heterocycles. The van der Waals surface area contributed by atoms with Gasteiger partial charge in [0.25, 0.3) is 0 Å². The summed E-state index contributed by atoms with van der Waals surface area (Å²) in [6, 6.07) is 7.25. The number of amides is 1. The molecule has 0 aliphatic carbocycles. The monoisotopic (exact) mass is 292 g/mol. The van der Waals surface area contributed by atoms with Gasteiger partial charge in [0.05, 0.1) is 0 Å². The SMILES string of the molecule is C[C@H](Cc1ccccc1Cl)NC(=O)[C@@H](C)n1cncn1. The molecule has 1 amide bonds. The van der Waals surface area contributed by atoms with Crippen molar-refractivity contribution in [2.45, 2.75) is 32.4 Å². The molecule has 1 N–H and O–H groups in total. The summed E-state index contributed by atoms with van der Waals surface area (Å²) in [5.41, 5.74) is 1.02. The number of nitrogens with zero attached hydrogens (tertiary/aromatic N) is 3. The standard InChI is InChI=1S/C14H17ClN4O/c1-10(7-12-5-3-4-6-13(12)15)18-14(20)11(2)19-9-16-8-17-19/h3-6,8-11H,7H2,1-2H3,(H,18,20)/t10-,11-/m1/s1. The number of aromatic nitrogens is 3. The number of hydrogen-bond acceptors (Lipinski definition) is 3. The number of carbonyl (C=O) groups is 1. The molecule has 0 bridgehead atoms. The Morgan fingerprint density at radius 3 is 2.80 bits per heavy atom. The van der Waals surface area contributed by atoms with Gasteiger partial charge >= 0.3 is 0 Å². The molecule has 106 valence electrons. The number of nitrogens with one attached hydrogen (secondary N) is 1. The third kappa shape index (κ3) is 3.57. The highest BCUT2D eigenvalue weighted by molar-refractivity contribution is 6.31. The van der Waals surface area contributed by atoms with Crippen LogP contribution in [-0.4, -0.2) is 26.7 Å². The van der Waals surface area contributed by atoms with Crippen molar-refractivity contribution in [1.29, 1.82) is 0 Å². The fourth-order valence-electron chi connectivity index (χ4n) is 1.95. The van der Waals surface area contributed by atoms with Crippen LogP contribution in [-0.2, 0) is 11.2 Å². The molecule has 1 aromatic heterocycles. The summed E-state index contributed by atoms with van der Waals surface area (Å²) in [7, 11) is 0. The van der Waals surface area contributed by atoms with Gasteiger partial charge in [-0.2, -0.15) is 5.10 Å². The van der Waals surface area contributed by atoms with E-state index >= 15 is 0 Å². The Bertz CT molecular complexity index is 570. The van der Waals surface area contributed by atoms with Crippen molar-refractivity contribution in [3.63, 3.8) is 0 Å². The van der Waals surface area contributed by atoms with Crippen LogP contribution in [0.25, 0.3) is 0 Å². The Hall–Kier alpha value is -1.88. The Labute approximate surface area is 123 Å². The molecule has 1 heterocycles. The van der Waals surface area contributed by atoms with Gasteiger partial charge in [-0.15, -0.1) is 0 Å². The molecular formula is C14H17ClN4O. The first-order valence-electron chi connectivity index (χ1n) is 6.46. The van der Waals surface area contributed by atoms with E-state index in [-0.39, 0.29) is 18.0 Å². The van der Waals surface area contributed by atoms with E-state index in [2.05, 4.69) is 15.4 Å². The van der Waals surface area contributed by atoms with E-state index in [1.165, 1.54) is 17.3 Å². The van der Waals surface area contributed by atoms with Crippen LogP contribution in [0.5, 0.6) is 0 Å². The molecule has 0 unspecified atom stereocenters. The van der Waals surface area contributed by atoms with Gasteiger partial charge in [0, 0.05) is 11.1 Å². The van der Waals surface area contributed by atoms with Gasteiger partial charge in [0.15, 0.2) is 0 Å². The summed E-state index contributed by atoms with van der Waals surface area (Å²) in [5.74, 6) is -0.0879. The summed E-state index contributed by atoms with van der Waals surface area (Å²) in [6.45, 7) is 3.74. The lowest BCUT2D eigenvalue weighted by Crippen LogP contribution is -2.38. The van der Waals surface area contributed by atoms with Crippen molar-refractivity contribution in [1.82, 2.24) is 20.1 Å². The van der Waals surface area contributed by atoms with E-state index in [9.17, 15) is 4.79 Å². The van der Waals surface area contributed by atoms with Crippen molar-refractivity contribution < 1.29 is 4.79 Å². The number of benzene rings is 1. The lowest BCUT2D eigenvalue weighted by molar-refractivity contribution is -0.124. The summed E-state index contributed by atoms with van der Waals surface area (Å²) < 4.78 is 1.53. The Morgan fingerprint density at radius 1 is 1.40 bits per heavy atom. The minimum absolute atomic E-state index is 0.00614. The van der Waals surface area contributed by atoms with E-state index < -0.39 is 0 Å². The van der Waals surface area contributed by atoms with Gasteiger partial charge < -0.3 is 5.32 Å². The number of hydrogen-bond donors (Lipinski definition) is 1. The van der Waals surface area contributed by atoms with Crippen LogP contribution in [0, 0.1) is 0 Å². The van der Waals surface area contributed by atoms with Crippen LogP contribution < -0.4 is 5.32 Å². The fourth-order valence-corrected chi connectivity index (χ4v) is 2.16. The summed E-state index contributed by atoms with van der Waals surface area (Å²) >= 11 is 6.11. The van der Waals surface area contributed by atoms with Crippen LogP contribution in [0.15, 0.2) is 36.9 Å². The van der Waals surface area contributed by atoms with E-state index in [0.29, 0.717) is 6.42 Å². The molecule has 2 rings (SSSR count). The largest absolute Gasteiger partial charge is 0.351 e. The van der Waals surface area contributed by atoms with Crippen LogP contribution >= 0.6 is 11.6 Å². The molecule has 20 heavy (non-hydrogen) atoms. The zero-order chi connectivity index (χ0) is 14.5. The third-order valence-electron chi connectivity index (χ3n) is 3.09. The predicted molar refractivity (Wildman–Crippen MR) is 77.5 cm³/mol. The van der Waals surface area contributed by atoms with Crippen molar-refractivity contribution in [3.05, 3.63) is 47.5 Å². The zero-order valence-corrected chi connectivity index (χ0v) is 12.2. The molecule has 0 fully saturated rings. The Balaban J connectivity index is 1.93. The number of rotatable bonds is 5. The molecule has 0 spiro atoms. The molecule has 0 aliphatic rings. The van der Waals surface area contributed by atoms with Gasteiger partial charge in [-0.1, -0.05) is 29.8 Å². The third-order valence-corrected chi connectivity index (χ3v) is 3.45. The first kappa shape index (κ1) is 14.5. The van der Waals surface area contributed by atoms with Gasteiger partial charge in [-0.05, 0) is 31.9 Å². The second-order valence-electron chi connectivity index (χ2n) is 4.76. The van der Waals surface area contributed by atoms with Crippen molar-refractivity contribution in [2.75, 3.05) is 0 Å². The van der Waals surface area contributed by atoms with Crippen molar-refractivity contribution in [3.8, 4) is 0 Å². The second-order valence-corrected chi connectivity index (χ2v) is 5.16. The minimum atomic E-state index is -0.383. The van der Waals surface area contributed by atoms with E-state index in [0.717, 1.165) is 10.6 Å². The Kier molecular flexibility index (Phi) is 4.74. The normalized spacial score (nSPS) is 13.8. The lowest BCUT2D eigenvalue weighted by atomic mass is 10.1. The molecule has 2 atom stereocenters. The minimum Gasteiger partial charge on any atom is -0.351 e. The summed E-state index contributed by atoms with van der Waals surface area (Å²) in [6.07, 6.45) is 3.63. The van der Waals surface area contributed by atoms with Crippen LogP contribution in [0.2, 0.25) is 5.02 Å². The average molecular weight is 293 g/mol. The van der Waals surface area contributed by atoms with Crippen LogP contribution in [0.1, 0.15) is 25.5 Å². The first-order valence-corrected chi connectivity index (χ1v) is 6.83. The molecule has 0 radical (unpaired) electrons. The maximum atomic E-state index is 12.1. The zero-order valence-electron chi connectivity index (χ0n) is 11.5. The van der Waals surface area contributed by atoms with Gasteiger partial charge in [-0.25, -0.2) is 9.67 Å². The average Bonchev–Trinajstić information content (AvgIpc) is 2.94. The van der Waals surface area contributed by atoms with Crippen molar-refractivity contribution >= 4 is 17.5 Å². The van der Waals surface area contributed by atoms with E-state index in [4.69, 9.17) is 11.6 Å². The lowest BCUT2D eigenvalue weighted by Gasteiger charge is -2.18. The Morgan fingerprint density at radius 2 is 2.15 bits per heavy atom. The number of carbonyl (C=O) groups excluding carboxylic acids is 1. The molecule has 5 nitrogen and oxygen atoms in total. The topological polar surface area (TPSA) is 59.8 Å². The van der Waals surface area contributed by atoms with Gasteiger partial charge in [-0.3, -0.25) is 4.79 Å². The molecule has 0 saturated heterocycles. The highest BCUT2D eigenvalue weighted by atomic mass is 35.5. The summed E-state index contributed by atoms with van der Waals surface area (Å²) in [4.78, 5) is 15.9. The van der Waals surface area contributed by atoms with Crippen LogP contribution in [0.4, 0.5) is 0 Å².